The van der Waals surface area contributed by atoms with Crippen LogP contribution in [0.1, 0.15) is 0 Å². The van der Waals surface area contributed by atoms with Gasteiger partial charge in [-0.05, 0) is 104 Å². The van der Waals surface area contributed by atoms with Crippen LogP contribution in [0.2, 0.25) is 0 Å². The molecule has 0 saturated heterocycles. The Bertz CT molecular complexity index is 982. The third kappa shape index (κ3) is 1.71. The summed E-state index contributed by atoms with van der Waals surface area (Å²) in [5.41, 5.74) is 0. The van der Waals surface area contributed by atoms with E-state index in [2.05, 4.69) is 60.7 Å². The van der Waals surface area contributed by atoms with Crippen molar-refractivity contribution in [2.24, 2.45) is 0 Å². The standard InChI is InChI=1S/C22H12/c1-2-6-16-10-20-14-22-12-18-8-4-3-7-17(18)11-21(22)13-19(20)9-15(16)5-1/h1,3,5-14H. The minimum Gasteiger partial charge on any atom is -0.0537 e. The van der Waals surface area contributed by atoms with Gasteiger partial charge < -0.3 is 0 Å². The van der Waals surface area contributed by atoms with Gasteiger partial charge in [0.15, 0.2) is 0 Å². The number of benzene rings is 5. The Morgan fingerprint density at radius 2 is 0.773 bits per heavy atom. The Balaban J connectivity index is 1.93. The Morgan fingerprint density at radius 3 is 1.23 bits per heavy atom. The minimum atomic E-state index is 1.24. The fourth-order valence-corrected chi connectivity index (χ4v) is 3.26. The molecule has 5 rings (SSSR count). The number of hydrogen-bond donors (Lipinski definition) is 0. The maximum Gasteiger partial charge on any atom is -0.0171 e. The van der Waals surface area contributed by atoms with Crippen molar-refractivity contribution in [3.05, 3.63) is 84.9 Å². The predicted octanol–water partition coefficient (Wildman–Crippen LogP) is 5.90. The van der Waals surface area contributed by atoms with Gasteiger partial charge in [-0.2, -0.15) is 0 Å². The first-order valence-electron chi connectivity index (χ1n) is 7.44. The number of rotatable bonds is 0. The lowest BCUT2D eigenvalue weighted by molar-refractivity contribution is 1.76. The van der Waals surface area contributed by atoms with E-state index in [0.29, 0.717) is 0 Å². The van der Waals surface area contributed by atoms with Gasteiger partial charge in [0, 0.05) is 0 Å². The molecule has 0 bridgehead atoms. The second-order valence-corrected chi connectivity index (χ2v) is 5.80. The van der Waals surface area contributed by atoms with E-state index in [1.54, 1.807) is 0 Å². The average molecular weight is 276 g/mol. The third-order valence-electron chi connectivity index (χ3n) is 4.40. The van der Waals surface area contributed by atoms with E-state index in [9.17, 15) is 0 Å². The summed E-state index contributed by atoms with van der Waals surface area (Å²) in [7, 11) is 0. The molecule has 0 nitrogen and oxygen atoms in total. The summed E-state index contributed by atoms with van der Waals surface area (Å²) < 4.78 is 0. The molecule has 22 heavy (non-hydrogen) atoms. The van der Waals surface area contributed by atoms with Crippen LogP contribution in [0, 0.1) is 12.1 Å². The monoisotopic (exact) mass is 276 g/mol. The van der Waals surface area contributed by atoms with E-state index in [0.717, 1.165) is 0 Å². The van der Waals surface area contributed by atoms with Gasteiger partial charge in [-0.25, -0.2) is 0 Å². The molecule has 0 spiro atoms. The molecule has 0 heterocycles. The summed E-state index contributed by atoms with van der Waals surface area (Å²) >= 11 is 0. The second kappa shape index (κ2) is 4.32. The molecule has 0 unspecified atom stereocenters. The number of hydrogen-bond acceptors (Lipinski definition) is 0. The van der Waals surface area contributed by atoms with Gasteiger partial charge in [0.25, 0.3) is 0 Å². The van der Waals surface area contributed by atoms with Gasteiger partial charge in [0.1, 0.15) is 0 Å². The van der Waals surface area contributed by atoms with Gasteiger partial charge >= 0.3 is 0 Å². The van der Waals surface area contributed by atoms with Crippen molar-refractivity contribution < 1.29 is 0 Å². The van der Waals surface area contributed by atoms with Crippen molar-refractivity contribution in [1.29, 1.82) is 0 Å². The molecular weight excluding hydrogens is 264 g/mol. The fourth-order valence-electron chi connectivity index (χ4n) is 3.26. The molecule has 5 aromatic carbocycles. The third-order valence-corrected chi connectivity index (χ3v) is 4.40. The van der Waals surface area contributed by atoms with E-state index in [1.165, 1.54) is 43.1 Å². The zero-order chi connectivity index (χ0) is 14.5. The molecule has 0 aliphatic heterocycles. The largest absolute Gasteiger partial charge is 0.0537 e. The Morgan fingerprint density at radius 1 is 0.409 bits per heavy atom. The van der Waals surface area contributed by atoms with Crippen LogP contribution in [-0.2, 0) is 0 Å². The first-order chi connectivity index (χ1) is 10.9. The SMILES string of the molecule is [c]1ccc2cc3cc4cc5cc[c]cc5cc4cc3cc2c1. The maximum atomic E-state index is 3.16. The fraction of sp³-hybridized carbons (Fsp3) is 0. The molecule has 5 aromatic rings. The highest BCUT2D eigenvalue weighted by Crippen LogP contribution is 2.29. The Kier molecular flexibility index (Phi) is 2.31. The normalized spacial score (nSPS) is 11.6. The average Bonchev–Trinajstić information content (AvgIpc) is 2.56. The van der Waals surface area contributed by atoms with Gasteiger partial charge in [0.2, 0.25) is 0 Å². The lowest BCUT2D eigenvalue weighted by Gasteiger charge is -2.07. The molecule has 0 heteroatoms. The van der Waals surface area contributed by atoms with Crippen molar-refractivity contribution in [3.63, 3.8) is 0 Å². The van der Waals surface area contributed by atoms with Crippen LogP contribution in [0.5, 0.6) is 0 Å². The summed E-state index contributed by atoms with van der Waals surface area (Å²) in [5.74, 6) is 0. The summed E-state index contributed by atoms with van der Waals surface area (Å²) in [4.78, 5) is 0. The van der Waals surface area contributed by atoms with Gasteiger partial charge in [-0.15, -0.1) is 0 Å². The first-order valence-corrected chi connectivity index (χ1v) is 7.44. The lowest BCUT2D eigenvalue weighted by atomic mass is 9.97. The van der Waals surface area contributed by atoms with Crippen LogP contribution < -0.4 is 0 Å². The van der Waals surface area contributed by atoms with Crippen LogP contribution in [0.25, 0.3) is 43.1 Å². The van der Waals surface area contributed by atoms with Crippen LogP contribution in [0.4, 0.5) is 0 Å². The van der Waals surface area contributed by atoms with Crippen LogP contribution in [-0.4, -0.2) is 0 Å². The molecule has 100 valence electrons. The zero-order valence-corrected chi connectivity index (χ0v) is 11.9. The van der Waals surface area contributed by atoms with Crippen molar-refractivity contribution in [2.75, 3.05) is 0 Å². The van der Waals surface area contributed by atoms with Crippen molar-refractivity contribution in [3.8, 4) is 0 Å². The predicted molar refractivity (Wildman–Crippen MR) is 94.1 cm³/mol. The summed E-state index contributed by atoms with van der Waals surface area (Å²) in [6, 6.07) is 32.2. The van der Waals surface area contributed by atoms with Gasteiger partial charge in [0.05, 0.1) is 0 Å². The highest BCUT2D eigenvalue weighted by Gasteiger charge is 2.02. The van der Waals surface area contributed by atoms with E-state index in [4.69, 9.17) is 0 Å². The molecular formula is C22H12. The Hall–Kier alpha value is -2.86. The highest BCUT2D eigenvalue weighted by atomic mass is 14.1. The Labute approximate surface area is 128 Å². The summed E-state index contributed by atoms with van der Waals surface area (Å²) in [5, 5.41) is 10.1. The summed E-state index contributed by atoms with van der Waals surface area (Å²) in [6.07, 6.45) is 0. The maximum absolute atomic E-state index is 3.16. The molecule has 0 aliphatic rings. The minimum absolute atomic E-state index is 1.24. The molecule has 0 fully saturated rings. The molecule has 0 amide bonds. The molecule has 0 aliphatic carbocycles. The van der Waals surface area contributed by atoms with Crippen molar-refractivity contribution >= 4 is 43.1 Å². The zero-order valence-electron chi connectivity index (χ0n) is 11.9. The molecule has 0 saturated carbocycles. The van der Waals surface area contributed by atoms with Crippen LogP contribution in [0.15, 0.2) is 72.8 Å². The van der Waals surface area contributed by atoms with Gasteiger partial charge in [-0.1, -0.05) is 24.3 Å². The lowest BCUT2D eigenvalue weighted by Crippen LogP contribution is -1.80. The van der Waals surface area contributed by atoms with E-state index in [1.807, 2.05) is 24.3 Å². The second-order valence-electron chi connectivity index (χ2n) is 5.80. The quantitative estimate of drug-likeness (QED) is 0.309. The smallest absolute Gasteiger partial charge is 0.0171 e. The van der Waals surface area contributed by atoms with Crippen LogP contribution in [0.3, 0.4) is 0 Å². The van der Waals surface area contributed by atoms with E-state index < -0.39 is 0 Å². The number of fused-ring (bicyclic) bond motifs is 4. The summed E-state index contributed by atoms with van der Waals surface area (Å²) in [6.45, 7) is 0. The van der Waals surface area contributed by atoms with Crippen molar-refractivity contribution in [2.45, 2.75) is 0 Å². The van der Waals surface area contributed by atoms with Crippen LogP contribution >= 0.6 is 0 Å². The topological polar surface area (TPSA) is 0 Å². The van der Waals surface area contributed by atoms with E-state index >= 15 is 0 Å². The highest BCUT2D eigenvalue weighted by molar-refractivity contribution is 6.07. The van der Waals surface area contributed by atoms with E-state index in [-0.39, 0.29) is 0 Å². The molecule has 0 aromatic heterocycles. The van der Waals surface area contributed by atoms with Gasteiger partial charge in [-0.3, -0.25) is 0 Å². The molecule has 2 radical (unpaired) electrons. The molecule has 0 N–H and O–H groups in total. The first kappa shape index (κ1) is 11.8. The molecule has 0 atom stereocenters. The van der Waals surface area contributed by atoms with Crippen molar-refractivity contribution in [1.82, 2.24) is 0 Å².